The molecule has 1 aromatic heterocycles. The molecular formula is C15H18N6O6. The molecule has 2 rings (SSSR count). The molecule has 0 atom stereocenters. The highest BCUT2D eigenvalue weighted by Gasteiger charge is 2.10. The molecule has 1 heterocycles. The van der Waals surface area contributed by atoms with Crippen LogP contribution >= 0.6 is 0 Å². The third-order valence-electron chi connectivity index (χ3n) is 3.26. The normalized spacial score (nSPS) is 10.5. The fraction of sp³-hybridized carbons (Fsp3) is 0.267. The van der Waals surface area contributed by atoms with E-state index in [9.17, 15) is 14.4 Å². The minimum absolute atomic E-state index is 0.199. The summed E-state index contributed by atoms with van der Waals surface area (Å²) < 4.78 is 15.6. The van der Waals surface area contributed by atoms with E-state index < -0.39 is 17.2 Å². The second kappa shape index (κ2) is 9.03. The van der Waals surface area contributed by atoms with Crippen LogP contribution in [0.5, 0.6) is 17.2 Å². The van der Waals surface area contributed by atoms with Crippen molar-refractivity contribution in [3.63, 3.8) is 0 Å². The number of nitrogens with one attached hydrogen (secondary N) is 4. The van der Waals surface area contributed by atoms with Gasteiger partial charge in [0.1, 0.15) is 5.75 Å². The van der Waals surface area contributed by atoms with Gasteiger partial charge in [0.15, 0.2) is 11.5 Å². The molecule has 0 saturated carbocycles. The van der Waals surface area contributed by atoms with Gasteiger partial charge in [0, 0.05) is 11.6 Å². The number of aromatic nitrogens is 3. The Labute approximate surface area is 152 Å². The van der Waals surface area contributed by atoms with Crippen molar-refractivity contribution in [2.45, 2.75) is 0 Å². The highest BCUT2D eigenvalue weighted by atomic mass is 16.5. The lowest BCUT2D eigenvalue weighted by molar-refractivity contribution is -0.119. The lowest BCUT2D eigenvalue weighted by Gasteiger charge is -2.11. The molecule has 1 amide bonds. The second-order valence-corrected chi connectivity index (χ2v) is 4.95. The highest BCUT2D eigenvalue weighted by molar-refractivity contribution is 5.87. The minimum Gasteiger partial charge on any atom is -0.496 e. The van der Waals surface area contributed by atoms with E-state index in [1.54, 1.807) is 12.1 Å². The number of anilines is 1. The summed E-state index contributed by atoms with van der Waals surface area (Å²) in [6.07, 6.45) is 1.36. The summed E-state index contributed by atoms with van der Waals surface area (Å²) in [6, 6.07) is 3.26. The molecule has 0 saturated heterocycles. The molecule has 0 radical (unpaired) electrons. The fourth-order valence-corrected chi connectivity index (χ4v) is 2.00. The van der Waals surface area contributed by atoms with Crippen molar-refractivity contribution in [1.82, 2.24) is 20.6 Å². The minimum atomic E-state index is -0.747. The largest absolute Gasteiger partial charge is 0.496 e. The Morgan fingerprint density at radius 1 is 1.15 bits per heavy atom. The van der Waals surface area contributed by atoms with E-state index in [1.807, 2.05) is 10.1 Å². The Morgan fingerprint density at radius 3 is 2.44 bits per heavy atom. The number of rotatable bonds is 8. The van der Waals surface area contributed by atoms with Crippen LogP contribution < -0.4 is 36.2 Å². The number of aromatic amines is 2. The average molecular weight is 378 g/mol. The monoisotopic (exact) mass is 378 g/mol. The number of carbonyl (C=O) groups excluding carboxylic acids is 1. The van der Waals surface area contributed by atoms with Gasteiger partial charge < -0.3 is 19.5 Å². The molecule has 12 nitrogen and oxygen atoms in total. The van der Waals surface area contributed by atoms with Gasteiger partial charge in [-0.3, -0.25) is 14.6 Å². The summed E-state index contributed by atoms with van der Waals surface area (Å²) >= 11 is 0. The van der Waals surface area contributed by atoms with E-state index in [4.69, 9.17) is 14.2 Å². The van der Waals surface area contributed by atoms with E-state index in [-0.39, 0.29) is 12.4 Å². The van der Waals surface area contributed by atoms with Crippen LogP contribution in [0, 0.1) is 0 Å². The standard InChI is InChI=1S/C15H18N6O6/c1-25-9-5-11(27-3)10(26-2)4-8(9)6-17-19-12(22)7-16-13-14(23)18-15(24)21-20-13/h4-6H,7H2,1-3H3,(H,16,20)(H,19,22)(H2,18,21,23,24)/b17-6+. The van der Waals surface area contributed by atoms with Crippen molar-refractivity contribution < 1.29 is 19.0 Å². The number of hydrazone groups is 1. The molecule has 0 unspecified atom stereocenters. The van der Waals surface area contributed by atoms with Crippen molar-refractivity contribution in [2.75, 3.05) is 33.2 Å². The predicted octanol–water partition coefficient (Wildman–Crippen LogP) is -0.954. The molecule has 4 N–H and O–H groups in total. The van der Waals surface area contributed by atoms with E-state index in [1.165, 1.54) is 27.5 Å². The van der Waals surface area contributed by atoms with Crippen molar-refractivity contribution in [1.29, 1.82) is 0 Å². The number of hydrogen-bond donors (Lipinski definition) is 4. The van der Waals surface area contributed by atoms with Crippen LogP contribution in [0.15, 0.2) is 26.8 Å². The van der Waals surface area contributed by atoms with Crippen LogP contribution in [0.1, 0.15) is 5.56 Å². The first kappa shape index (κ1) is 19.5. The van der Waals surface area contributed by atoms with Gasteiger partial charge in [-0.25, -0.2) is 15.3 Å². The molecule has 0 aliphatic rings. The SMILES string of the molecule is COc1cc(OC)c(OC)cc1/C=N/NC(=O)CNc1n[nH]c(=O)[nH]c1=O. The molecule has 12 heteroatoms. The smallest absolute Gasteiger partial charge is 0.342 e. The van der Waals surface area contributed by atoms with Gasteiger partial charge in [0.25, 0.3) is 11.5 Å². The summed E-state index contributed by atoms with van der Waals surface area (Å²) in [4.78, 5) is 36.1. The molecular weight excluding hydrogens is 360 g/mol. The zero-order valence-corrected chi connectivity index (χ0v) is 14.8. The average Bonchev–Trinajstić information content (AvgIpc) is 2.66. The fourth-order valence-electron chi connectivity index (χ4n) is 2.00. The van der Waals surface area contributed by atoms with Crippen LogP contribution in [0.4, 0.5) is 5.82 Å². The Balaban J connectivity index is 2.01. The maximum atomic E-state index is 11.8. The highest BCUT2D eigenvalue weighted by Crippen LogP contribution is 2.33. The number of nitrogens with zero attached hydrogens (tertiary/aromatic N) is 2. The summed E-state index contributed by atoms with van der Waals surface area (Å²) in [5.41, 5.74) is 1.33. The maximum Gasteiger partial charge on any atom is 0.342 e. The molecule has 1 aromatic carbocycles. The van der Waals surface area contributed by atoms with Crippen molar-refractivity contribution >= 4 is 17.9 Å². The van der Waals surface area contributed by atoms with Crippen LogP contribution in [0.25, 0.3) is 0 Å². The molecule has 0 fully saturated rings. The number of ether oxygens (including phenoxy) is 3. The van der Waals surface area contributed by atoms with Crippen molar-refractivity contribution in [3.8, 4) is 17.2 Å². The summed E-state index contributed by atoms with van der Waals surface area (Å²) in [6.45, 7) is -0.289. The Morgan fingerprint density at radius 2 is 1.81 bits per heavy atom. The van der Waals surface area contributed by atoms with E-state index >= 15 is 0 Å². The topological polar surface area (TPSA) is 160 Å². The second-order valence-electron chi connectivity index (χ2n) is 4.95. The first-order valence-corrected chi connectivity index (χ1v) is 7.53. The van der Waals surface area contributed by atoms with Gasteiger partial charge in [-0.1, -0.05) is 0 Å². The lowest BCUT2D eigenvalue weighted by Crippen LogP contribution is -2.31. The van der Waals surface area contributed by atoms with Gasteiger partial charge in [-0.2, -0.15) is 5.10 Å². The molecule has 0 bridgehead atoms. The van der Waals surface area contributed by atoms with Crippen molar-refractivity contribution in [2.24, 2.45) is 5.10 Å². The quantitative estimate of drug-likeness (QED) is 0.338. The zero-order valence-electron chi connectivity index (χ0n) is 14.8. The van der Waals surface area contributed by atoms with Crippen LogP contribution in [-0.4, -0.2) is 55.2 Å². The summed E-state index contributed by atoms with van der Waals surface area (Å²) in [5, 5.41) is 11.8. The predicted molar refractivity (Wildman–Crippen MR) is 95.8 cm³/mol. The number of benzene rings is 1. The zero-order chi connectivity index (χ0) is 19.8. The van der Waals surface area contributed by atoms with Crippen LogP contribution in [-0.2, 0) is 4.79 Å². The van der Waals surface area contributed by atoms with Crippen LogP contribution in [0.2, 0.25) is 0 Å². The Kier molecular flexibility index (Phi) is 6.52. The summed E-state index contributed by atoms with van der Waals surface area (Å²) in [5.74, 6) is 0.676. The summed E-state index contributed by atoms with van der Waals surface area (Å²) in [7, 11) is 4.47. The lowest BCUT2D eigenvalue weighted by atomic mass is 10.2. The Bertz CT molecular complexity index is 951. The third kappa shape index (κ3) is 5.07. The maximum absolute atomic E-state index is 11.8. The molecule has 0 aliphatic carbocycles. The van der Waals surface area contributed by atoms with E-state index in [0.717, 1.165) is 0 Å². The van der Waals surface area contributed by atoms with Gasteiger partial charge in [0.05, 0.1) is 34.1 Å². The van der Waals surface area contributed by atoms with E-state index in [2.05, 4.69) is 20.9 Å². The number of carbonyl (C=O) groups is 1. The molecule has 2 aromatic rings. The van der Waals surface area contributed by atoms with Gasteiger partial charge >= 0.3 is 5.69 Å². The Hall–Kier alpha value is -3.83. The van der Waals surface area contributed by atoms with E-state index in [0.29, 0.717) is 22.8 Å². The van der Waals surface area contributed by atoms with Gasteiger partial charge in [-0.05, 0) is 6.07 Å². The number of H-pyrrole nitrogens is 2. The van der Waals surface area contributed by atoms with Gasteiger partial charge in [-0.15, -0.1) is 5.10 Å². The number of amides is 1. The third-order valence-corrected chi connectivity index (χ3v) is 3.26. The number of methoxy groups -OCH3 is 3. The van der Waals surface area contributed by atoms with Gasteiger partial charge in [0.2, 0.25) is 5.82 Å². The molecule has 0 aliphatic heterocycles. The first-order chi connectivity index (χ1) is 13.0. The number of hydrogen-bond acceptors (Lipinski definition) is 9. The van der Waals surface area contributed by atoms with Crippen molar-refractivity contribution in [3.05, 3.63) is 38.5 Å². The van der Waals surface area contributed by atoms with Crippen LogP contribution in [0.3, 0.4) is 0 Å². The first-order valence-electron chi connectivity index (χ1n) is 7.53. The molecule has 27 heavy (non-hydrogen) atoms. The molecule has 144 valence electrons. The molecule has 0 spiro atoms.